The zero-order valence-electron chi connectivity index (χ0n) is 9.40. The molecule has 2 rings (SSSR count). The van der Waals surface area contributed by atoms with Crippen molar-refractivity contribution in [3.05, 3.63) is 20.8 Å². The van der Waals surface area contributed by atoms with Crippen molar-refractivity contribution in [3.8, 4) is 0 Å². The highest BCUT2D eigenvalue weighted by Crippen LogP contribution is 2.24. The number of halogens is 1. The van der Waals surface area contributed by atoms with E-state index < -0.39 is 0 Å². The second-order valence-corrected chi connectivity index (χ2v) is 6.47. The minimum absolute atomic E-state index is 0.110. The van der Waals surface area contributed by atoms with E-state index in [4.69, 9.17) is 0 Å². The van der Waals surface area contributed by atoms with Crippen molar-refractivity contribution >= 4 is 39.2 Å². The van der Waals surface area contributed by atoms with Crippen LogP contribution in [0, 0.1) is 0 Å². The molecule has 0 aromatic carbocycles. The molecule has 0 aliphatic carbocycles. The fraction of sp³-hybridized carbons (Fsp3) is 0.455. The van der Waals surface area contributed by atoms with Gasteiger partial charge in [0, 0.05) is 4.88 Å². The summed E-state index contributed by atoms with van der Waals surface area (Å²) >= 11 is 4.90. The number of imide groups is 1. The molecule has 1 aliphatic heterocycles. The van der Waals surface area contributed by atoms with E-state index in [1.165, 1.54) is 16.2 Å². The lowest BCUT2D eigenvalue weighted by molar-refractivity contribution is -0.127. The predicted molar refractivity (Wildman–Crippen MR) is 69.8 cm³/mol. The van der Waals surface area contributed by atoms with Crippen LogP contribution in [0.5, 0.6) is 0 Å². The Labute approximate surface area is 112 Å². The highest BCUT2D eigenvalue weighted by Gasteiger charge is 2.37. The lowest BCUT2D eigenvalue weighted by Crippen LogP contribution is -2.30. The summed E-state index contributed by atoms with van der Waals surface area (Å²) in [5.74, 6) is -0.110. The average Bonchev–Trinajstić information content (AvgIpc) is 2.79. The lowest BCUT2D eigenvalue weighted by atomic mass is 10.2. The van der Waals surface area contributed by atoms with E-state index in [1.54, 1.807) is 0 Å². The molecular formula is C11H13BrN2O2S. The first-order chi connectivity index (χ1) is 8.11. The first-order valence-corrected chi connectivity index (χ1v) is 7.09. The predicted octanol–water partition coefficient (Wildman–Crippen LogP) is 2.73. The molecule has 1 aliphatic rings. The van der Waals surface area contributed by atoms with Crippen molar-refractivity contribution in [2.24, 2.45) is 0 Å². The summed E-state index contributed by atoms with van der Waals surface area (Å²) in [6.45, 7) is 2.36. The van der Waals surface area contributed by atoms with Crippen molar-refractivity contribution in [1.29, 1.82) is 0 Å². The summed E-state index contributed by atoms with van der Waals surface area (Å²) in [4.78, 5) is 25.9. The minimum atomic E-state index is -0.337. The maximum absolute atomic E-state index is 12.0. The van der Waals surface area contributed by atoms with Crippen LogP contribution in [0.3, 0.4) is 0 Å². The number of thiophene rings is 1. The number of hydrogen-bond acceptors (Lipinski definition) is 3. The van der Waals surface area contributed by atoms with Gasteiger partial charge in [-0.2, -0.15) is 0 Å². The molecule has 3 amide bonds. The summed E-state index contributed by atoms with van der Waals surface area (Å²) < 4.78 is 1.00. The van der Waals surface area contributed by atoms with E-state index in [1.807, 2.05) is 19.1 Å². The largest absolute Gasteiger partial charge is 0.326 e. The number of urea groups is 1. The Kier molecular flexibility index (Phi) is 3.83. The smallest absolute Gasteiger partial charge is 0.325 e. The van der Waals surface area contributed by atoms with E-state index in [9.17, 15) is 9.59 Å². The molecule has 1 atom stereocenters. The SMILES string of the molecule is CCCC1NC(=O)N(Cc2ccc(Br)s2)C1=O. The van der Waals surface area contributed by atoms with E-state index in [0.29, 0.717) is 13.0 Å². The first-order valence-electron chi connectivity index (χ1n) is 5.48. The molecule has 1 aromatic rings. The van der Waals surface area contributed by atoms with Gasteiger partial charge in [0.05, 0.1) is 10.3 Å². The molecule has 6 heteroatoms. The van der Waals surface area contributed by atoms with Crippen LogP contribution in [0.4, 0.5) is 4.79 Å². The Morgan fingerprint density at radius 3 is 2.82 bits per heavy atom. The van der Waals surface area contributed by atoms with Gasteiger partial charge in [-0.3, -0.25) is 9.69 Å². The molecule has 1 N–H and O–H groups in total. The Balaban J connectivity index is 2.06. The summed E-state index contributed by atoms with van der Waals surface area (Å²) in [6, 6.07) is 3.22. The van der Waals surface area contributed by atoms with Gasteiger partial charge in [-0.15, -0.1) is 11.3 Å². The van der Waals surface area contributed by atoms with E-state index >= 15 is 0 Å². The molecule has 0 bridgehead atoms. The monoisotopic (exact) mass is 316 g/mol. The van der Waals surface area contributed by atoms with Crippen LogP contribution < -0.4 is 5.32 Å². The molecule has 4 nitrogen and oxygen atoms in total. The van der Waals surface area contributed by atoms with E-state index in [0.717, 1.165) is 15.1 Å². The molecule has 0 saturated carbocycles. The highest BCUT2D eigenvalue weighted by molar-refractivity contribution is 9.11. The molecule has 2 heterocycles. The third-order valence-corrected chi connectivity index (χ3v) is 4.24. The molecule has 1 fully saturated rings. The van der Waals surface area contributed by atoms with E-state index in [2.05, 4.69) is 21.2 Å². The highest BCUT2D eigenvalue weighted by atomic mass is 79.9. The normalized spacial score (nSPS) is 19.9. The molecular weight excluding hydrogens is 304 g/mol. The fourth-order valence-corrected chi connectivity index (χ4v) is 3.28. The van der Waals surface area contributed by atoms with Crippen LogP contribution in [0.25, 0.3) is 0 Å². The number of rotatable bonds is 4. The van der Waals surface area contributed by atoms with Gasteiger partial charge in [0.2, 0.25) is 0 Å². The zero-order valence-corrected chi connectivity index (χ0v) is 11.8. The van der Waals surface area contributed by atoms with Gasteiger partial charge >= 0.3 is 6.03 Å². The minimum Gasteiger partial charge on any atom is -0.326 e. The molecule has 0 radical (unpaired) electrons. The van der Waals surface area contributed by atoms with Crippen LogP contribution in [0.15, 0.2) is 15.9 Å². The maximum Gasteiger partial charge on any atom is 0.325 e. The van der Waals surface area contributed by atoms with Crippen LogP contribution in [0.2, 0.25) is 0 Å². The molecule has 92 valence electrons. The molecule has 1 saturated heterocycles. The molecule has 17 heavy (non-hydrogen) atoms. The van der Waals surface area contributed by atoms with Crippen LogP contribution in [0.1, 0.15) is 24.6 Å². The van der Waals surface area contributed by atoms with Gasteiger partial charge in [-0.1, -0.05) is 13.3 Å². The zero-order chi connectivity index (χ0) is 12.4. The fourth-order valence-electron chi connectivity index (χ4n) is 1.80. The summed E-state index contributed by atoms with van der Waals surface area (Å²) in [7, 11) is 0. The lowest BCUT2D eigenvalue weighted by Gasteiger charge is -2.11. The maximum atomic E-state index is 12.0. The van der Waals surface area contributed by atoms with Crippen LogP contribution in [-0.2, 0) is 11.3 Å². The Morgan fingerprint density at radius 1 is 1.47 bits per heavy atom. The third kappa shape index (κ3) is 2.69. The Hall–Kier alpha value is -0.880. The van der Waals surface area contributed by atoms with Gasteiger partial charge in [-0.05, 0) is 34.5 Å². The van der Waals surface area contributed by atoms with Crippen molar-refractivity contribution in [2.45, 2.75) is 32.4 Å². The quantitative estimate of drug-likeness (QED) is 0.868. The number of carbonyl (C=O) groups is 2. The van der Waals surface area contributed by atoms with Crippen LogP contribution >= 0.6 is 27.3 Å². The topological polar surface area (TPSA) is 49.4 Å². The van der Waals surface area contributed by atoms with Crippen molar-refractivity contribution < 1.29 is 9.59 Å². The van der Waals surface area contributed by atoms with Gasteiger partial charge in [0.15, 0.2) is 0 Å². The van der Waals surface area contributed by atoms with Gasteiger partial charge < -0.3 is 5.32 Å². The van der Waals surface area contributed by atoms with Gasteiger partial charge in [-0.25, -0.2) is 4.79 Å². The second kappa shape index (κ2) is 5.18. The Bertz CT molecular complexity index is 446. The molecule has 1 aromatic heterocycles. The summed E-state index contributed by atoms with van der Waals surface area (Å²) in [5.41, 5.74) is 0. The number of nitrogens with one attached hydrogen (secondary N) is 1. The third-order valence-electron chi connectivity index (χ3n) is 2.63. The molecule has 0 spiro atoms. The number of nitrogens with zero attached hydrogens (tertiary/aromatic N) is 1. The van der Waals surface area contributed by atoms with Crippen molar-refractivity contribution in [1.82, 2.24) is 10.2 Å². The van der Waals surface area contributed by atoms with Gasteiger partial charge in [0.25, 0.3) is 5.91 Å². The molecule has 1 unspecified atom stereocenters. The summed E-state index contributed by atoms with van der Waals surface area (Å²) in [5, 5.41) is 2.71. The number of hydrogen-bond donors (Lipinski definition) is 1. The van der Waals surface area contributed by atoms with Crippen molar-refractivity contribution in [3.63, 3.8) is 0 Å². The second-order valence-electron chi connectivity index (χ2n) is 3.92. The average molecular weight is 317 g/mol. The number of amides is 3. The standard InChI is InChI=1S/C11H13BrN2O2S/c1-2-3-8-10(15)14(11(16)13-8)6-7-4-5-9(12)17-7/h4-5,8H,2-3,6H2,1H3,(H,13,16). The van der Waals surface area contributed by atoms with Crippen LogP contribution in [-0.4, -0.2) is 22.9 Å². The summed E-state index contributed by atoms with van der Waals surface area (Å²) in [6.07, 6.45) is 1.59. The Morgan fingerprint density at radius 2 is 2.24 bits per heavy atom. The number of carbonyl (C=O) groups excluding carboxylic acids is 2. The van der Waals surface area contributed by atoms with E-state index in [-0.39, 0.29) is 18.0 Å². The van der Waals surface area contributed by atoms with Gasteiger partial charge in [0.1, 0.15) is 6.04 Å². The van der Waals surface area contributed by atoms with Crippen molar-refractivity contribution in [2.75, 3.05) is 0 Å². The first kappa shape index (κ1) is 12.6.